The van der Waals surface area contributed by atoms with Crippen molar-refractivity contribution in [2.45, 2.75) is 26.8 Å². The Morgan fingerprint density at radius 2 is 2.00 bits per heavy atom. The number of nitrogens with one attached hydrogen (secondary N) is 1. The van der Waals surface area contributed by atoms with Crippen LogP contribution in [-0.2, 0) is 13.0 Å². The molecule has 0 unspecified atom stereocenters. The average Bonchev–Trinajstić information content (AvgIpc) is 2.63. The number of aryl methyl sites for hydroxylation is 2. The molecule has 4 nitrogen and oxygen atoms in total. The van der Waals surface area contributed by atoms with Crippen molar-refractivity contribution < 1.29 is 0 Å². The Morgan fingerprint density at radius 3 is 2.65 bits per heavy atom. The van der Waals surface area contributed by atoms with Gasteiger partial charge in [0.05, 0.1) is 12.1 Å². The summed E-state index contributed by atoms with van der Waals surface area (Å²) < 4.78 is 0. The van der Waals surface area contributed by atoms with Crippen molar-refractivity contribution in [2.24, 2.45) is 0 Å². The minimum atomic E-state index is 0.719. The first kappa shape index (κ1) is 12.1. The Balaban J connectivity index is 2.20. The highest BCUT2D eigenvalue weighted by atomic mass is 32.1. The Labute approximate surface area is 105 Å². The minimum absolute atomic E-state index is 0.719. The molecule has 0 saturated carbocycles. The van der Waals surface area contributed by atoms with Crippen LogP contribution < -0.4 is 5.32 Å². The van der Waals surface area contributed by atoms with E-state index >= 15 is 0 Å². The van der Waals surface area contributed by atoms with E-state index in [2.05, 4.69) is 25.6 Å². The van der Waals surface area contributed by atoms with Crippen molar-refractivity contribution in [3.63, 3.8) is 0 Å². The summed E-state index contributed by atoms with van der Waals surface area (Å²) in [6, 6.07) is 2.01. The van der Waals surface area contributed by atoms with Gasteiger partial charge >= 0.3 is 0 Å². The third-order valence-electron chi connectivity index (χ3n) is 2.29. The van der Waals surface area contributed by atoms with Gasteiger partial charge in [-0.3, -0.25) is 0 Å². The zero-order chi connectivity index (χ0) is 12.3. The molecule has 0 aliphatic carbocycles. The number of thiazole rings is 1. The second kappa shape index (κ2) is 5.33. The second-order valence-electron chi connectivity index (χ2n) is 4.01. The molecule has 90 valence electrons. The highest BCUT2D eigenvalue weighted by molar-refractivity contribution is 7.09. The number of hydrogen-bond donors (Lipinski definition) is 1. The van der Waals surface area contributed by atoms with Gasteiger partial charge in [0.15, 0.2) is 0 Å². The Bertz CT molecular complexity index is 507. The molecular weight excluding hydrogens is 232 g/mol. The molecule has 1 N–H and O–H groups in total. The lowest BCUT2D eigenvalue weighted by Crippen LogP contribution is -2.10. The quantitative estimate of drug-likeness (QED) is 0.897. The molecule has 0 spiro atoms. The fraction of sp³-hybridized carbons (Fsp3) is 0.417. The van der Waals surface area contributed by atoms with E-state index in [1.54, 1.807) is 11.3 Å². The zero-order valence-electron chi connectivity index (χ0n) is 10.3. The molecule has 0 amide bonds. The summed E-state index contributed by atoms with van der Waals surface area (Å²) in [5.41, 5.74) is 3.10. The molecule has 2 heterocycles. The standard InChI is InChI=1S/C12H16N4S/c1-8-4-10(6-13-3)16-11(14-8)5-12-15-9(2)7-17-12/h4,7,13H,5-6H2,1-3H3. The van der Waals surface area contributed by atoms with Gasteiger partial charge in [0.1, 0.15) is 10.8 Å². The summed E-state index contributed by atoms with van der Waals surface area (Å²) in [6.45, 7) is 4.77. The van der Waals surface area contributed by atoms with Gasteiger partial charge in [-0.05, 0) is 27.0 Å². The van der Waals surface area contributed by atoms with Crippen molar-refractivity contribution in [3.8, 4) is 0 Å². The SMILES string of the molecule is CNCc1cc(C)nc(Cc2nc(C)cs2)n1. The second-order valence-corrected chi connectivity index (χ2v) is 4.95. The van der Waals surface area contributed by atoms with E-state index in [4.69, 9.17) is 0 Å². The summed E-state index contributed by atoms with van der Waals surface area (Å²) in [4.78, 5) is 13.4. The number of hydrogen-bond acceptors (Lipinski definition) is 5. The van der Waals surface area contributed by atoms with E-state index in [-0.39, 0.29) is 0 Å². The Kier molecular flexibility index (Phi) is 3.81. The van der Waals surface area contributed by atoms with Crippen LogP contribution in [-0.4, -0.2) is 22.0 Å². The molecular formula is C12H16N4S. The van der Waals surface area contributed by atoms with Crippen molar-refractivity contribution in [1.82, 2.24) is 20.3 Å². The van der Waals surface area contributed by atoms with E-state index in [9.17, 15) is 0 Å². The molecule has 5 heteroatoms. The van der Waals surface area contributed by atoms with Crippen LogP contribution in [0.15, 0.2) is 11.4 Å². The topological polar surface area (TPSA) is 50.7 Å². The largest absolute Gasteiger partial charge is 0.314 e. The van der Waals surface area contributed by atoms with E-state index in [0.717, 1.165) is 40.9 Å². The van der Waals surface area contributed by atoms with Crippen molar-refractivity contribution in [3.05, 3.63) is 39.4 Å². The lowest BCUT2D eigenvalue weighted by Gasteiger charge is -2.04. The molecule has 17 heavy (non-hydrogen) atoms. The van der Waals surface area contributed by atoms with Gasteiger partial charge in [0.2, 0.25) is 0 Å². The fourth-order valence-corrected chi connectivity index (χ4v) is 2.44. The Hall–Kier alpha value is -1.33. The summed E-state index contributed by atoms with van der Waals surface area (Å²) in [5, 5.41) is 6.23. The van der Waals surface area contributed by atoms with Gasteiger partial charge in [0.25, 0.3) is 0 Å². The minimum Gasteiger partial charge on any atom is -0.314 e. The van der Waals surface area contributed by atoms with Gasteiger partial charge < -0.3 is 5.32 Å². The molecule has 2 aromatic rings. The van der Waals surface area contributed by atoms with Crippen LogP contribution in [0, 0.1) is 13.8 Å². The van der Waals surface area contributed by atoms with E-state index in [0.29, 0.717) is 0 Å². The lowest BCUT2D eigenvalue weighted by molar-refractivity contribution is 0.767. The van der Waals surface area contributed by atoms with Crippen LogP contribution in [0.4, 0.5) is 0 Å². The maximum atomic E-state index is 4.52. The van der Waals surface area contributed by atoms with Crippen LogP contribution >= 0.6 is 11.3 Å². The van der Waals surface area contributed by atoms with Crippen LogP contribution in [0.2, 0.25) is 0 Å². The average molecular weight is 248 g/mol. The summed E-state index contributed by atoms with van der Waals surface area (Å²) in [6.07, 6.45) is 0.719. The predicted octanol–water partition coefficient (Wildman–Crippen LogP) is 1.86. The smallest absolute Gasteiger partial charge is 0.135 e. The molecule has 2 aromatic heterocycles. The van der Waals surface area contributed by atoms with E-state index in [1.165, 1.54) is 0 Å². The number of nitrogens with zero attached hydrogens (tertiary/aromatic N) is 3. The molecule has 0 fully saturated rings. The summed E-state index contributed by atoms with van der Waals surface area (Å²) in [5.74, 6) is 0.851. The third-order valence-corrected chi connectivity index (χ3v) is 3.25. The first-order valence-corrected chi connectivity index (χ1v) is 6.44. The third kappa shape index (κ3) is 3.31. The van der Waals surface area contributed by atoms with Crippen molar-refractivity contribution >= 4 is 11.3 Å². The van der Waals surface area contributed by atoms with Crippen LogP contribution in [0.1, 0.15) is 27.9 Å². The molecule has 2 rings (SSSR count). The van der Waals surface area contributed by atoms with Crippen molar-refractivity contribution in [1.29, 1.82) is 0 Å². The summed E-state index contributed by atoms with van der Waals surface area (Å²) in [7, 11) is 1.92. The van der Waals surface area contributed by atoms with Crippen LogP contribution in [0.25, 0.3) is 0 Å². The molecule has 0 saturated heterocycles. The van der Waals surface area contributed by atoms with Gasteiger partial charge in [0, 0.05) is 23.3 Å². The Morgan fingerprint density at radius 1 is 1.18 bits per heavy atom. The van der Waals surface area contributed by atoms with E-state index in [1.807, 2.05) is 27.0 Å². The molecule has 0 radical (unpaired) electrons. The van der Waals surface area contributed by atoms with Crippen LogP contribution in [0.3, 0.4) is 0 Å². The highest BCUT2D eigenvalue weighted by Crippen LogP contribution is 2.12. The fourth-order valence-electron chi connectivity index (χ4n) is 1.67. The van der Waals surface area contributed by atoms with Gasteiger partial charge in [-0.25, -0.2) is 15.0 Å². The number of rotatable bonds is 4. The molecule has 0 aromatic carbocycles. The zero-order valence-corrected chi connectivity index (χ0v) is 11.1. The number of aromatic nitrogens is 3. The van der Waals surface area contributed by atoms with Crippen LogP contribution in [0.5, 0.6) is 0 Å². The van der Waals surface area contributed by atoms with E-state index < -0.39 is 0 Å². The van der Waals surface area contributed by atoms with Gasteiger partial charge in [-0.2, -0.15) is 0 Å². The first-order chi connectivity index (χ1) is 8.17. The molecule has 0 bridgehead atoms. The highest BCUT2D eigenvalue weighted by Gasteiger charge is 2.06. The monoisotopic (exact) mass is 248 g/mol. The van der Waals surface area contributed by atoms with Gasteiger partial charge in [-0.15, -0.1) is 11.3 Å². The maximum absolute atomic E-state index is 4.52. The lowest BCUT2D eigenvalue weighted by atomic mass is 10.3. The predicted molar refractivity (Wildman–Crippen MR) is 69.2 cm³/mol. The molecule has 0 atom stereocenters. The maximum Gasteiger partial charge on any atom is 0.135 e. The first-order valence-electron chi connectivity index (χ1n) is 5.56. The van der Waals surface area contributed by atoms with Gasteiger partial charge in [-0.1, -0.05) is 0 Å². The van der Waals surface area contributed by atoms with Crippen molar-refractivity contribution in [2.75, 3.05) is 7.05 Å². The normalized spacial score (nSPS) is 10.8. The molecule has 0 aliphatic heterocycles. The summed E-state index contributed by atoms with van der Waals surface area (Å²) >= 11 is 1.66. The molecule has 0 aliphatic rings.